The zero-order chi connectivity index (χ0) is 12.9. The highest BCUT2D eigenvalue weighted by Gasteiger charge is 2.09. The lowest BCUT2D eigenvalue weighted by Gasteiger charge is -2.12. The van der Waals surface area contributed by atoms with Gasteiger partial charge in [0.1, 0.15) is 0 Å². The summed E-state index contributed by atoms with van der Waals surface area (Å²) in [5.41, 5.74) is 7.05. The molecule has 1 aromatic rings. The predicted molar refractivity (Wildman–Crippen MR) is 70.6 cm³/mol. The fourth-order valence-corrected chi connectivity index (χ4v) is 2.37. The molecule has 96 valence electrons. The van der Waals surface area contributed by atoms with E-state index in [4.69, 9.17) is 5.73 Å². The molecule has 0 saturated carbocycles. The molecule has 0 spiro atoms. The van der Waals surface area contributed by atoms with Crippen molar-refractivity contribution < 1.29 is 8.42 Å². The summed E-state index contributed by atoms with van der Waals surface area (Å²) < 4.78 is 22.6. The molecule has 0 heterocycles. The average Bonchev–Trinajstić information content (AvgIpc) is 2.28. The molecule has 1 aromatic carbocycles. The lowest BCUT2D eigenvalue weighted by atomic mass is 10.0. The van der Waals surface area contributed by atoms with E-state index in [-0.39, 0.29) is 6.04 Å². The number of rotatable bonds is 6. The first-order chi connectivity index (χ1) is 7.95. The molecular formula is C13H21NO2S. The monoisotopic (exact) mass is 255 g/mol. The minimum absolute atomic E-state index is 0.00941. The van der Waals surface area contributed by atoms with Gasteiger partial charge in [0.05, 0.1) is 4.90 Å². The van der Waals surface area contributed by atoms with Gasteiger partial charge in [0.25, 0.3) is 0 Å². The average molecular weight is 255 g/mol. The van der Waals surface area contributed by atoms with Gasteiger partial charge >= 0.3 is 0 Å². The summed E-state index contributed by atoms with van der Waals surface area (Å²) in [5.74, 6) is 0. The molecule has 2 N–H and O–H groups in total. The van der Waals surface area contributed by atoms with Crippen LogP contribution in [-0.4, -0.2) is 14.7 Å². The van der Waals surface area contributed by atoms with E-state index in [9.17, 15) is 8.42 Å². The minimum atomic E-state index is -3.11. The largest absolute Gasteiger partial charge is 0.324 e. The molecule has 0 radical (unpaired) electrons. The Morgan fingerprint density at radius 1 is 1.18 bits per heavy atom. The number of hydrogen-bond donors (Lipinski definition) is 1. The van der Waals surface area contributed by atoms with Crippen LogP contribution in [0.2, 0.25) is 0 Å². The molecule has 0 aliphatic carbocycles. The summed E-state index contributed by atoms with van der Waals surface area (Å²) in [6, 6.07) is 6.89. The van der Waals surface area contributed by atoms with E-state index in [0.29, 0.717) is 4.90 Å². The Hall–Kier alpha value is -0.870. The van der Waals surface area contributed by atoms with Gasteiger partial charge in [0.15, 0.2) is 9.84 Å². The van der Waals surface area contributed by atoms with Crippen LogP contribution in [0.3, 0.4) is 0 Å². The zero-order valence-corrected chi connectivity index (χ0v) is 11.3. The number of nitrogens with two attached hydrogens (primary N) is 1. The first kappa shape index (κ1) is 14.2. The number of unbranched alkanes of at least 4 members (excludes halogenated alkanes) is 2. The van der Waals surface area contributed by atoms with E-state index >= 15 is 0 Å². The van der Waals surface area contributed by atoms with Gasteiger partial charge < -0.3 is 5.73 Å². The van der Waals surface area contributed by atoms with Crippen LogP contribution in [0.4, 0.5) is 0 Å². The Bertz CT molecular complexity index is 437. The summed E-state index contributed by atoms with van der Waals surface area (Å²) in [7, 11) is -3.11. The molecule has 3 nitrogen and oxygen atoms in total. The molecule has 0 aliphatic rings. The van der Waals surface area contributed by atoms with Gasteiger partial charge in [0.2, 0.25) is 0 Å². The first-order valence-electron chi connectivity index (χ1n) is 6.00. The van der Waals surface area contributed by atoms with Gasteiger partial charge in [0, 0.05) is 12.3 Å². The second-order valence-corrected chi connectivity index (χ2v) is 6.46. The van der Waals surface area contributed by atoms with Crippen LogP contribution < -0.4 is 5.73 Å². The minimum Gasteiger partial charge on any atom is -0.324 e. The molecule has 0 bridgehead atoms. The third-order valence-electron chi connectivity index (χ3n) is 2.86. The second kappa shape index (κ2) is 6.17. The summed E-state index contributed by atoms with van der Waals surface area (Å²) in [5, 5.41) is 0. The summed E-state index contributed by atoms with van der Waals surface area (Å²) in [6.07, 6.45) is 5.65. The lowest BCUT2D eigenvalue weighted by Crippen LogP contribution is -2.10. The molecule has 1 atom stereocenters. The van der Waals surface area contributed by atoms with Crippen LogP contribution in [0.1, 0.15) is 44.2 Å². The molecule has 0 aromatic heterocycles. The van der Waals surface area contributed by atoms with Gasteiger partial charge in [-0.05, 0) is 24.1 Å². The second-order valence-electron chi connectivity index (χ2n) is 4.44. The first-order valence-corrected chi connectivity index (χ1v) is 7.90. The van der Waals surface area contributed by atoms with Crippen molar-refractivity contribution >= 4 is 9.84 Å². The Morgan fingerprint density at radius 3 is 2.24 bits per heavy atom. The van der Waals surface area contributed by atoms with Gasteiger partial charge in [-0.2, -0.15) is 0 Å². The molecule has 0 aliphatic heterocycles. The fraction of sp³-hybridized carbons (Fsp3) is 0.538. The Labute approximate surface area is 104 Å². The maximum absolute atomic E-state index is 11.3. The molecule has 4 heteroatoms. The molecule has 0 fully saturated rings. The van der Waals surface area contributed by atoms with Crippen LogP contribution in [0.15, 0.2) is 29.2 Å². The highest BCUT2D eigenvalue weighted by molar-refractivity contribution is 7.90. The lowest BCUT2D eigenvalue weighted by molar-refractivity contribution is 0.580. The van der Waals surface area contributed by atoms with E-state index in [1.54, 1.807) is 12.1 Å². The van der Waals surface area contributed by atoms with Crippen molar-refractivity contribution in [1.82, 2.24) is 0 Å². The molecule has 17 heavy (non-hydrogen) atoms. The summed E-state index contributed by atoms with van der Waals surface area (Å²) in [4.78, 5) is 0.349. The van der Waals surface area contributed by atoms with Crippen LogP contribution in [0, 0.1) is 0 Å². The molecule has 0 amide bonds. The Balaban J connectivity index is 2.67. The van der Waals surface area contributed by atoms with E-state index in [1.165, 1.54) is 19.1 Å². The maximum Gasteiger partial charge on any atom is 0.175 e. The summed E-state index contributed by atoms with van der Waals surface area (Å²) in [6.45, 7) is 2.16. The highest BCUT2D eigenvalue weighted by atomic mass is 32.2. The molecule has 1 rings (SSSR count). The Morgan fingerprint density at radius 2 is 1.76 bits per heavy atom. The van der Waals surface area contributed by atoms with Crippen LogP contribution >= 0.6 is 0 Å². The normalized spacial score (nSPS) is 13.6. The zero-order valence-electron chi connectivity index (χ0n) is 10.5. The standard InChI is InChI=1S/C13H21NO2S/c1-3-4-5-6-13(14)11-7-9-12(10-8-11)17(2,15)16/h7-10,13H,3-6,14H2,1-2H3. The van der Waals surface area contributed by atoms with E-state index in [0.717, 1.165) is 18.4 Å². The summed E-state index contributed by atoms with van der Waals surface area (Å²) >= 11 is 0. The van der Waals surface area contributed by atoms with Crippen LogP contribution in [0.25, 0.3) is 0 Å². The third kappa shape index (κ3) is 4.48. The molecular weight excluding hydrogens is 234 g/mol. The topological polar surface area (TPSA) is 60.2 Å². The smallest absolute Gasteiger partial charge is 0.175 e. The maximum atomic E-state index is 11.3. The van der Waals surface area contributed by atoms with E-state index < -0.39 is 9.84 Å². The third-order valence-corrected chi connectivity index (χ3v) is 3.98. The van der Waals surface area contributed by atoms with E-state index in [1.807, 2.05) is 12.1 Å². The molecule has 0 saturated heterocycles. The van der Waals surface area contributed by atoms with Crippen LogP contribution in [-0.2, 0) is 9.84 Å². The fourth-order valence-electron chi connectivity index (χ4n) is 1.74. The molecule has 1 unspecified atom stereocenters. The number of sulfone groups is 1. The Kier molecular flexibility index (Phi) is 5.15. The van der Waals surface area contributed by atoms with Crippen molar-refractivity contribution in [2.24, 2.45) is 5.73 Å². The highest BCUT2D eigenvalue weighted by Crippen LogP contribution is 2.19. The van der Waals surface area contributed by atoms with Gasteiger partial charge in [-0.25, -0.2) is 8.42 Å². The van der Waals surface area contributed by atoms with Crippen molar-refractivity contribution in [3.8, 4) is 0 Å². The number of hydrogen-bond acceptors (Lipinski definition) is 3. The van der Waals surface area contributed by atoms with Gasteiger partial charge in [-0.3, -0.25) is 0 Å². The van der Waals surface area contributed by atoms with Crippen LogP contribution in [0.5, 0.6) is 0 Å². The van der Waals surface area contributed by atoms with Gasteiger partial charge in [-0.15, -0.1) is 0 Å². The van der Waals surface area contributed by atoms with Crippen molar-refractivity contribution in [2.75, 3.05) is 6.26 Å². The SMILES string of the molecule is CCCCCC(N)c1ccc(S(C)(=O)=O)cc1. The van der Waals surface area contributed by atoms with Crippen molar-refractivity contribution in [3.05, 3.63) is 29.8 Å². The van der Waals surface area contributed by atoms with Gasteiger partial charge in [-0.1, -0.05) is 38.3 Å². The number of benzene rings is 1. The van der Waals surface area contributed by atoms with Crippen molar-refractivity contribution in [3.63, 3.8) is 0 Å². The van der Waals surface area contributed by atoms with E-state index in [2.05, 4.69) is 6.92 Å². The predicted octanol–water partition coefficient (Wildman–Crippen LogP) is 2.67. The van der Waals surface area contributed by atoms with Crippen molar-refractivity contribution in [2.45, 2.75) is 43.5 Å². The quantitative estimate of drug-likeness (QED) is 0.795. The van der Waals surface area contributed by atoms with Crippen molar-refractivity contribution in [1.29, 1.82) is 0 Å².